The lowest BCUT2D eigenvalue weighted by molar-refractivity contribution is -0.147. The van der Waals surface area contributed by atoms with Crippen LogP contribution in [-0.2, 0) is 0 Å². The average molecular weight is 147 g/mol. The molecule has 1 aliphatic heterocycles. The number of hydrogen-bond acceptors (Lipinski definition) is 4. The Morgan fingerprint density at radius 2 is 1.90 bits per heavy atom. The highest BCUT2D eigenvalue weighted by atomic mass is 16.4. The summed E-state index contributed by atoms with van der Waals surface area (Å²) in [5.74, 6) is 0. The van der Waals surface area contributed by atoms with Crippen LogP contribution < -0.4 is 0 Å². The van der Waals surface area contributed by atoms with E-state index < -0.39 is 18.4 Å². The molecular weight excluding hydrogens is 134 g/mol. The largest absolute Gasteiger partial charge is 0.390 e. The van der Waals surface area contributed by atoms with Crippen molar-refractivity contribution in [3.05, 3.63) is 0 Å². The second-order valence-electron chi connectivity index (χ2n) is 2.74. The summed E-state index contributed by atoms with van der Waals surface area (Å²) >= 11 is 0. The molecule has 0 bridgehead atoms. The number of rotatable bonds is 0. The maximum Gasteiger partial charge on any atom is 0.135 e. The van der Waals surface area contributed by atoms with Gasteiger partial charge in [0.25, 0.3) is 0 Å². The predicted molar refractivity (Wildman–Crippen MR) is 35.3 cm³/mol. The molecule has 10 heavy (non-hydrogen) atoms. The molecule has 60 valence electrons. The quantitative estimate of drug-likeness (QED) is 0.384. The van der Waals surface area contributed by atoms with Crippen molar-refractivity contribution in [1.29, 1.82) is 0 Å². The van der Waals surface area contributed by atoms with Crippen molar-refractivity contribution < 1.29 is 15.3 Å². The van der Waals surface area contributed by atoms with Crippen LogP contribution >= 0.6 is 0 Å². The summed E-state index contributed by atoms with van der Waals surface area (Å²) in [7, 11) is 1.71. The SMILES string of the molecule is CN1CC[C@@H](O)[C@H](O)[C@@H]1O. The van der Waals surface area contributed by atoms with Gasteiger partial charge in [-0.1, -0.05) is 0 Å². The van der Waals surface area contributed by atoms with Crippen molar-refractivity contribution in [2.75, 3.05) is 13.6 Å². The van der Waals surface area contributed by atoms with Gasteiger partial charge in [0.2, 0.25) is 0 Å². The van der Waals surface area contributed by atoms with Gasteiger partial charge in [0, 0.05) is 6.54 Å². The van der Waals surface area contributed by atoms with E-state index in [2.05, 4.69) is 0 Å². The summed E-state index contributed by atoms with van der Waals surface area (Å²) in [6.07, 6.45) is -2.18. The molecule has 1 heterocycles. The monoisotopic (exact) mass is 147 g/mol. The van der Waals surface area contributed by atoms with Crippen LogP contribution in [0.15, 0.2) is 0 Å². The van der Waals surface area contributed by atoms with E-state index in [1.807, 2.05) is 0 Å². The predicted octanol–water partition coefficient (Wildman–Crippen LogP) is -1.64. The van der Waals surface area contributed by atoms with E-state index in [0.29, 0.717) is 13.0 Å². The molecule has 0 saturated carbocycles. The summed E-state index contributed by atoms with van der Waals surface area (Å²) in [6, 6.07) is 0. The molecule has 0 aromatic heterocycles. The first-order chi connectivity index (χ1) is 4.63. The van der Waals surface area contributed by atoms with Crippen LogP contribution in [0, 0.1) is 0 Å². The van der Waals surface area contributed by atoms with Crippen LogP contribution in [0.2, 0.25) is 0 Å². The third kappa shape index (κ3) is 1.29. The van der Waals surface area contributed by atoms with Gasteiger partial charge < -0.3 is 15.3 Å². The normalized spacial score (nSPS) is 43.8. The molecule has 0 unspecified atom stereocenters. The van der Waals surface area contributed by atoms with Gasteiger partial charge in [0.05, 0.1) is 6.10 Å². The lowest BCUT2D eigenvalue weighted by atomic mass is 10.0. The average Bonchev–Trinajstić information content (AvgIpc) is 1.93. The van der Waals surface area contributed by atoms with Gasteiger partial charge >= 0.3 is 0 Å². The van der Waals surface area contributed by atoms with Gasteiger partial charge in [-0.25, -0.2) is 0 Å². The maximum absolute atomic E-state index is 9.13. The minimum atomic E-state index is -1.02. The van der Waals surface area contributed by atoms with Gasteiger partial charge in [0.1, 0.15) is 12.3 Å². The van der Waals surface area contributed by atoms with Crippen LogP contribution in [0.4, 0.5) is 0 Å². The maximum atomic E-state index is 9.13. The fourth-order valence-electron chi connectivity index (χ4n) is 1.10. The second kappa shape index (κ2) is 2.84. The van der Waals surface area contributed by atoms with Crippen molar-refractivity contribution in [2.24, 2.45) is 0 Å². The summed E-state index contributed by atoms with van der Waals surface area (Å²) in [5, 5.41) is 27.2. The van der Waals surface area contributed by atoms with Gasteiger partial charge in [-0.2, -0.15) is 0 Å². The summed E-state index contributed by atoms with van der Waals surface area (Å²) in [5.41, 5.74) is 0. The zero-order valence-corrected chi connectivity index (χ0v) is 5.94. The Labute approximate surface area is 59.7 Å². The molecule has 0 spiro atoms. The van der Waals surface area contributed by atoms with Gasteiger partial charge in [-0.15, -0.1) is 0 Å². The Balaban J connectivity index is 2.52. The summed E-state index contributed by atoms with van der Waals surface area (Å²) in [6.45, 7) is 0.624. The number of nitrogens with zero attached hydrogens (tertiary/aromatic N) is 1. The minimum absolute atomic E-state index is 0.523. The lowest BCUT2D eigenvalue weighted by Gasteiger charge is -2.35. The number of aliphatic hydroxyl groups is 3. The van der Waals surface area contributed by atoms with Gasteiger partial charge in [-0.05, 0) is 13.5 Å². The van der Waals surface area contributed by atoms with Crippen molar-refractivity contribution in [1.82, 2.24) is 4.90 Å². The first-order valence-electron chi connectivity index (χ1n) is 3.37. The topological polar surface area (TPSA) is 63.9 Å². The van der Waals surface area contributed by atoms with E-state index in [1.54, 1.807) is 11.9 Å². The van der Waals surface area contributed by atoms with Crippen LogP contribution in [-0.4, -0.2) is 52.2 Å². The Bertz CT molecular complexity index is 106. The fourth-order valence-corrected chi connectivity index (χ4v) is 1.10. The molecule has 0 aromatic rings. The molecule has 0 aromatic carbocycles. The molecule has 4 heteroatoms. The molecule has 4 nitrogen and oxygen atoms in total. The highest BCUT2D eigenvalue weighted by molar-refractivity contribution is 4.80. The van der Waals surface area contributed by atoms with E-state index in [0.717, 1.165) is 0 Å². The Morgan fingerprint density at radius 3 is 2.40 bits per heavy atom. The molecular formula is C6H13NO3. The number of likely N-dealkylation sites (N-methyl/N-ethyl adjacent to an activating group) is 1. The molecule has 1 aliphatic rings. The summed E-state index contributed by atoms with van der Waals surface area (Å²) < 4.78 is 0. The van der Waals surface area contributed by atoms with Gasteiger partial charge in [0.15, 0.2) is 0 Å². The Kier molecular flexibility index (Phi) is 2.25. The first-order valence-corrected chi connectivity index (χ1v) is 3.37. The highest BCUT2D eigenvalue weighted by Gasteiger charge is 2.32. The standard InChI is InChI=1S/C6H13NO3/c1-7-3-2-4(8)5(9)6(7)10/h4-6,8-10H,2-3H2,1H3/t4-,5+,6+/m1/s1. The van der Waals surface area contributed by atoms with E-state index in [-0.39, 0.29) is 0 Å². The number of hydrogen-bond donors (Lipinski definition) is 3. The number of likely N-dealkylation sites (tertiary alicyclic amines) is 1. The highest BCUT2D eigenvalue weighted by Crippen LogP contribution is 2.13. The zero-order valence-electron chi connectivity index (χ0n) is 5.94. The van der Waals surface area contributed by atoms with Crippen molar-refractivity contribution in [3.63, 3.8) is 0 Å². The molecule has 1 fully saturated rings. The lowest BCUT2D eigenvalue weighted by Crippen LogP contribution is -2.52. The van der Waals surface area contributed by atoms with Crippen LogP contribution in [0.3, 0.4) is 0 Å². The van der Waals surface area contributed by atoms with E-state index in [1.165, 1.54) is 0 Å². The van der Waals surface area contributed by atoms with Gasteiger partial charge in [-0.3, -0.25) is 4.90 Å². The Hall–Kier alpha value is -0.160. The minimum Gasteiger partial charge on any atom is -0.390 e. The molecule has 0 amide bonds. The third-order valence-corrected chi connectivity index (χ3v) is 1.93. The summed E-state index contributed by atoms with van der Waals surface area (Å²) in [4.78, 5) is 1.61. The number of piperidine rings is 1. The van der Waals surface area contributed by atoms with Crippen LogP contribution in [0.1, 0.15) is 6.42 Å². The van der Waals surface area contributed by atoms with Crippen molar-refractivity contribution in [2.45, 2.75) is 24.9 Å². The molecule has 1 saturated heterocycles. The molecule has 3 atom stereocenters. The molecule has 0 aliphatic carbocycles. The van der Waals surface area contributed by atoms with E-state index in [9.17, 15) is 0 Å². The number of aliphatic hydroxyl groups excluding tert-OH is 3. The zero-order chi connectivity index (χ0) is 7.72. The second-order valence-corrected chi connectivity index (χ2v) is 2.74. The smallest absolute Gasteiger partial charge is 0.135 e. The fraction of sp³-hybridized carbons (Fsp3) is 1.00. The Morgan fingerprint density at radius 1 is 1.30 bits per heavy atom. The molecule has 1 rings (SSSR count). The first kappa shape index (κ1) is 7.94. The van der Waals surface area contributed by atoms with Crippen molar-refractivity contribution >= 4 is 0 Å². The molecule has 0 radical (unpaired) electrons. The van der Waals surface area contributed by atoms with E-state index in [4.69, 9.17) is 15.3 Å². The van der Waals surface area contributed by atoms with Crippen LogP contribution in [0.5, 0.6) is 0 Å². The van der Waals surface area contributed by atoms with E-state index >= 15 is 0 Å². The van der Waals surface area contributed by atoms with Crippen LogP contribution in [0.25, 0.3) is 0 Å². The molecule has 3 N–H and O–H groups in total. The third-order valence-electron chi connectivity index (χ3n) is 1.93. The van der Waals surface area contributed by atoms with Crippen molar-refractivity contribution in [3.8, 4) is 0 Å².